The van der Waals surface area contributed by atoms with Gasteiger partial charge in [0.1, 0.15) is 0 Å². The molecule has 2 heterocycles. The molecule has 0 aliphatic heterocycles. The van der Waals surface area contributed by atoms with Crippen LogP contribution in [0.15, 0.2) is 59.1 Å². The fourth-order valence-electron chi connectivity index (χ4n) is 3.45. The molecule has 0 aliphatic rings. The van der Waals surface area contributed by atoms with Crippen molar-refractivity contribution in [3.63, 3.8) is 0 Å². The molecule has 1 N–H and O–H groups in total. The lowest BCUT2D eigenvalue weighted by Gasteiger charge is -2.11. The van der Waals surface area contributed by atoms with Gasteiger partial charge in [0.25, 0.3) is 17.5 Å². The van der Waals surface area contributed by atoms with Crippen LogP contribution in [0.2, 0.25) is 0 Å². The lowest BCUT2D eigenvalue weighted by molar-refractivity contribution is 0.0827. The van der Waals surface area contributed by atoms with Crippen LogP contribution in [0.3, 0.4) is 0 Å². The highest BCUT2D eigenvalue weighted by molar-refractivity contribution is 6.07. The fraction of sp³-hybridized carbons (Fsp3) is 0.200. The maximum Gasteiger partial charge on any atom is 0.259 e. The summed E-state index contributed by atoms with van der Waals surface area (Å²) < 4.78 is 5.37. The number of pyridine rings is 1. The number of carbonyl (C=O) groups excluding carboxylic acids is 2. The van der Waals surface area contributed by atoms with Crippen molar-refractivity contribution in [2.24, 2.45) is 0 Å². The Morgan fingerprint density at radius 3 is 2.34 bits per heavy atom. The molecule has 0 aliphatic carbocycles. The van der Waals surface area contributed by atoms with Crippen LogP contribution in [-0.4, -0.2) is 41.0 Å². The van der Waals surface area contributed by atoms with E-state index in [1.165, 1.54) is 4.90 Å². The number of aromatic nitrogens is 2. The molecule has 0 bridgehead atoms. The third-order valence-electron chi connectivity index (χ3n) is 5.27. The maximum absolute atomic E-state index is 13.1. The van der Waals surface area contributed by atoms with Gasteiger partial charge in [0.2, 0.25) is 0 Å². The fourth-order valence-corrected chi connectivity index (χ4v) is 3.45. The normalized spacial score (nSPS) is 10.9. The van der Waals surface area contributed by atoms with Crippen molar-refractivity contribution in [2.45, 2.75) is 20.4 Å². The molecule has 0 fully saturated rings. The largest absolute Gasteiger partial charge is 0.348 e. The van der Waals surface area contributed by atoms with Crippen LogP contribution < -0.4 is 5.32 Å². The van der Waals surface area contributed by atoms with Gasteiger partial charge >= 0.3 is 0 Å². The van der Waals surface area contributed by atoms with Gasteiger partial charge in [-0.1, -0.05) is 47.1 Å². The van der Waals surface area contributed by atoms with E-state index in [4.69, 9.17) is 4.52 Å². The van der Waals surface area contributed by atoms with Gasteiger partial charge in [-0.05, 0) is 37.6 Å². The second kappa shape index (κ2) is 8.63. The van der Waals surface area contributed by atoms with Crippen molar-refractivity contribution in [1.82, 2.24) is 20.4 Å². The van der Waals surface area contributed by atoms with E-state index in [1.54, 1.807) is 39.2 Å². The molecule has 2 aromatic carbocycles. The first-order valence-corrected chi connectivity index (χ1v) is 10.3. The zero-order chi connectivity index (χ0) is 22.8. The molecule has 32 heavy (non-hydrogen) atoms. The van der Waals surface area contributed by atoms with Crippen LogP contribution in [0.4, 0.5) is 0 Å². The van der Waals surface area contributed by atoms with Crippen molar-refractivity contribution < 1.29 is 14.1 Å². The molecule has 2 aromatic heterocycles. The monoisotopic (exact) mass is 428 g/mol. The molecular formula is C25H24N4O3. The SMILES string of the molecule is Cc1ccc(-c2cc(C(=O)NCc3ccc(C(=O)N(C)C)cc3)c3c(C)noc3n2)cc1. The number of hydrogen-bond donors (Lipinski definition) is 1. The average Bonchev–Trinajstić information content (AvgIpc) is 3.18. The highest BCUT2D eigenvalue weighted by Gasteiger charge is 2.19. The van der Waals surface area contributed by atoms with Crippen molar-refractivity contribution in [3.05, 3.63) is 82.5 Å². The van der Waals surface area contributed by atoms with Crippen LogP contribution in [0.5, 0.6) is 0 Å². The number of rotatable bonds is 5. The van der Waals surface area contributed by atoms with Crippen molar-refractivity contribution in [1.29, 1.82) is 0 Å². The standard InChI is InChI=1S/C25H24N4O3/c1-15-5-9-18(10-6-15)21-13-20(22-16(2)28-32-24(22)27-21)23(30)26-14-17-7-11-19(12-8-17)25(31)29(3)4/h5-13H,14H2,1-4H3,(H,26,30). The van der Waals surface area contributed by atoms with Crippen LogP contribution in [0.25, 0.3) is 22.4 Å². The zero-order valence-corrected chi connectivity index (χ0v) is 18.5. The Hall–Kier alpha value is -4.00. The summed E-state index contributed by atoms with van der Waals surface area (Å²) in [6.45, 7) is 4.13. The summed E-state index contributed by atoms with van der Waals surface area (Å²) in [5.74, 6) is -0.308. The highest BCUT2D eigenvalue weighted by atomic mass is 16.5. The molecule has 7 heteroatoms. The quantitative estimate of drug-likeness (QED) is 0.516. The number of fused-ring (bicyclic) bond motifs is 1. The average molecular weight is 428 g/mol. The van der Waals surface area contributed by atoms with E-state index in [-0.39, 0.29) is 11.8 Å². The first-order chi connectivity index (χ1) is 15.3. The lowest BCUT2D eigenvalue weighted by atomic mass is 10.0. The number of benzene rings is 2. The van der Waals surface area contributed by atoms with Gasteiger partial charge in [-0.2, -0.15) is 0 Å². The smallest absolute Gasteiger partial charge is 0.259 e. The van der Waals surface area contributed by atoms with Gasteiger partial charge in [0, 0.05) is 31.8 Å². The number of hydrogen-bond acceptors (Lipinski definition) is 5. The Balaban J connectivity index is 1.59. The Labute approximate surface area is 186 Å². The van der Waals surface area contributed by atoms with E-state index >= 15 is 0 Å². The molecular weight excluding hydrogens is 404 g/mol. The maximum atomic E-state index is 13.1. The summed E-state index contributed by atoms with van der Waals surface area (Å²) in [6, 6.07) is 16.9. The highest BCUT2D eigenvalue weighted by Crippen LogP contribution is 2.27. The van der Waals surface area contributed by atoms with Crippen LogP contribution in [-0.2, 0) is 6.54 Å². The third-order valence-corrected chi connectivity index (χ3v) is 5.27. The first-order valence-electron chi connectivity index (χ1n) is 10.3. The minimum Gasteiger partial charge on any atom is -0.348 e. The summed E-state index contributed by atoms with van der Waals surface area (Å²) in [5, 5.41) is 7.55. The van der Waals surface area contributed by atoms with Gasteiger partial charge < -0.3 is 14.7 Å². The summed E-state index contributed by atoms with van der Waals surface area (Å²) in [5.41, 5.74) is 5.57. The molecule has 0 atom stereocenters. The van der Waals surface area contributed by atoms with Gasteiger partial charge in [-0.15, -0.1) is 0 Å². The van der Waals surface area contributed by atoms with Gasteiger partial charge in [0.05, 0.1) is 22.3 Å². The zero-order valence-electron chi connectivity index (χ0n) is 18.5. The number of aryl methyl sites for hydroxylation is 2. The molecule has 4 aromatic rings. The molecule has 0 saturated heterocycles. The Morgan fingerprint density at radius 1 is 1.00 bits per heavy atom. The van der Waals surface area contributed by atoms with Crippen LogP contribution in [0, 0.1) is 13.8 Å². The number of amides is 2. The number of nitrogens with one attached hydrogen (secondary N) is 1. The Bertz CT molecular complexity index is 1290. The minimum absolute atomic E-state index is 0.0636. The lowest BCUT2D eigenvalue weighted by Crippen LogP contribution is -2.24. The molecule has 0 unspecified atom stereocenters. The van der Waals surface area contributed by atoms with Crippen molar-refractivity contribution >= 4 is 22.9 Å². The topological polar surface area (TPSA) is 88.3 Å². The summed E-state index contributed by atoms with van der Waals surface area (Å²) >= 11 is 0. The Kier molecular flexibility index (Phi) is 5.73. The molecule has 0 spiro atoms. The summed E-state index contributed by atoms with van der Waals surface area (Å²) in [7, 11) is 3.42. The molecule has 7 nitrogen and oxygen atoms in total. The molecule has 0 saturated carbocycles. The molecule has 162 valence electrons. The van der Waals surface area contributed by atoms with Crippen LogP contribution in [0.1, 0.15) is 37.5 Å². The molecule has 2 amide bonds. The van der Waals surface area contributed by atoms with E-state index in [0.717, 1.165) is 16.7 Å². The van der Waals surface area contributed by atoms with Crippen LogP contribution >= 0.6 is 0 Å². The van der Waals surface area contributed by atoms with Crippen molar-refractivity contribution in [3.8, 4) is 11.3 Å². The Morgan fingerprint density at radius 2 is 1.69 bits per heavy atom. The van der Waals surface area contributed by atoms with E-state index in [0.29, 0.717) is 40.2 Å². The van der Waals surface area contributed by atoms with E-state index in [9.17, 15) is 9.59 Å². The number of nitrogens with zero attached hydrogens (tertiary/aromatic N) is 3. The van der Waals surface area contributed by atoms with Gasteiger partial charge in [-0.25, -0.2) is 4.98 Å². The van der Waals surface area contributed by atoms with Gasteiger partial charge in [-0.3, -0.25) is 9.59 Å². The van der Waals surface area contributed by atoms with E-state index in [2.05, 4.69) is 15.5 Å². The van der Waals surface area contributed by atoms with E-state index < -0.39 is 0 Å². The first kappa shape index (κ1) is 21.2. The van der Waals surface area contributed by atoms with Gasteiger partial charge in [0.15, 0.2) is 0 Å². The predicted octanol–water partition coefficient (Wildman–Crippen LogP) is 4.14. The van der Waals surface area contributed by atoms with E-state index in [1.807, 2.05) is 43.3 Å². The molecule has 4 rings (SSSR count). The second-order valence-corrected chi connectivity index (χ2v) is 7.95. The predicted molar refractivity (Wildman–Crippen MR) is 122 cm³/mol. The second-order valence-electron chi connectivity index (χ2n) is 7.95. The third kappa shape index (κ3) is 4.23. The molecule has 0 radical (unpaired) electrons. The van der Waals surface area contributed by atoms with Crippen molar-refractivity contribution in [2.75, 3.05) is 14.1 Å². The summed E-state index contributed by atoms with van der Waals surface area (Å²) in [4.78, 5) is 31.2. The summed E-state index contributed by atoms with van der Waals surface area (Å²) in [6.07, 6.45) is 0. The number of carbonyl (C=O) groups is 2. The minimum atomic E-state index is -0.245.